The molecule has 1 aliphatic heterocycles. The second kappa shape index (κ2) is 13.6. The first-order valence-electron chi connectivity index (χ1n) is 22.6. The number of hydrogen-bond donors (Lipinski definition) is 0. The predicted molar refractivity (Wildman–Crippen MR) is 273 cm³/mol. The van der Waals surface area contributed by atoms with Crippen LogP contribution in [0.25, 0.3) is 65.4 Å². The lowest BCUT2D eigenvalue weighted by Crippen LogP contribution is -2.30. The Labute approximate surface area is 386 Å². The lowest BCUT2D eigenvalue weighted by Gasteiger charge is -2.37. The fourth-order valence-corrected chi connectivity index (χ4v) is 12.4. The molecule has 9 aromatic carbocycles. The molecule has 0 amide bonds. The Hall–Kier alpha value is -7.86. The number of fused-ring (bicyclic) bond motifs is 18. The van der Waals surface area contributed by atoms with Crippen molar-refractivity contribution >= 4 is 82.7 Å². The molecular weight excluding hydrogens is 827 g/mol. The van der Waals surface area contributed by atoms with Crippen LogP contribution in [-0.4, -0.2) is 0 Å². The first-order chi connectivity index (χ1) is 32.3. The molecule has 314 valence electrons. The van der Waals surface area contributed by atoms with E-state index in [0.717, 1.165) is 50.1 Å². The summed E-state index contributed by atoms with van der Waals surface area (Å²) in [5, 5.41) is 4.65. The Kier molecular flexibility index (Phi) is 7.72. The highest BCUT2D eigenvalue weighted by Crippen LogP contribution is 2.63. The third-order valence-corrected chi connectivity index (χ3v) is 15.3. The summed E-state index contributed by atoms with van der Waals surface area (Å²) < 4.78 is 22.5. The van der Waals surface area contributed by atoms with E-state index in [-0.39, 0.29) is 5.41 Å². The summed E-state index contributed by atoms with van der Waals surface area (Å²) in [6.07, 6.45) is 4.67. The van der Waals surface area contributed by atoms with E-state index in [1.807, 2.05) is 41.7 Å². The molecule has 3 aliphatic rings. The van der Waals surface area contributed by atoms with Gasteiger partial charge in [-0.05, 0) is 122 Å². The molecule has 0 saturated carbocycles. The van der Waals surface area contributed by atoms with Gasteiger partial charge in [-0.25, -0.2) is 0 Å². The molecular formula is C61H41NO3S. The second-order valence-electron chi connectivity index (χ2n) is 18.8. The number of rotatable bonds is 3. The number of furan rings is 1. The molecule has 2 aromatic heterocycles. The number of hydrogen-bond acceptors (Lipinski definition) is 5. The largest absolute Gasteiger partial charge is 0.456 e. The fourth-order valence-electron chi connectivity index (χ4n) is 11.1. The van der Waals surface area contributed by atoms with Gasteiger partial charge >= 0.3 is 0 Å². The Morgan fingerprint density at radius 3 is 1.85 bits per heavy atom. The van der Waals surface area contributed by atoms with E-state index in [0.29, 0.717) is 23.0 Å². The van der Waals surface area contributed by atoms with Crippen molar-refractivity contribution in [1.82, 2.24) is 0 Å². The van der Waals surface area contributed by atoms with Gasteiger partial charge in [0.25, 0.3) is 0 Å². The van der Waals surface area contributed by atoms with Crippen molar-refractivity contribution < 1.29 is 13.9 Å². The highest BCUT2D eigenvalue weighted by Gasteiger charge is 2.50. The molecule has 0 saturated heterocycles. The second-order valence-corrected chi connectivity index (χ2v) is 19.8. The monoisotopic (exact) mass is 867 g/mol. The van der Waals surface area contributed by atoms with Crippen LogP contribution in [-0.2, 0) is 10.8 Å². The van der Waals surface area contributed by atoms with Crippen LogP contribution in [0.5, 0.6) is 23.0 Å². The van der Waals surface area contributed by atoms with Gasteiger partial charge in [0.05, 0.1) is 11.1 Å². The average Bonchev–Trinajstić information content (AvgIpc) is 3.98. The van der Waals surface area contributed by atoms with Crippen LogP contribution >= 0.6 is 11.3 Å². The normalized spacial score (nSPS) is 14.0. The molecule has 66 heavy (non-hydrogen) atoms. The standard InChI is InChI=1S/C61H41NO3S/c1-60(2,3)37-25-27-38(28-26-37)62(39-29-31-43-42-16-6-10-20-51(42)63-54(43)33-39)50-34-49-44(59-58(50)45-17-7-13-23-57(45)66-59)30-24-36-32-55-56(65-53-22-12-11-21-52(53)64-55)35-48(36)61(49)46-18-8-4-14-40(46)41-15-5-9-19-47(41)61/h4-35H,1-3H3. The third-order valence-electron chi connectivity index (χ3n) is 14.1. The molecule has 0 N–H and O–H groups in total. The van der Waals surface area contributed by atoms with Crippen LogP contribution in [0.15, 0.2) is 186 Å². The molecule has 4 nitrogen and oxygen atoms in total. The topological polar surface area (TPSA) is 34.8 Å². The maximum Gasteiger partial charge on any atom is 0.170 e. The Balaban J connectivity index is 1.13. The van der Waals surface area contributed by atoms with Crippen molar-refractivity contribution in [3.63, 3.8) is 0 Å². The summed E-state index contributed by atoms with van der Waals surface area (Å²) in [7, 11) is 0. The summed E-state index contributed by atoms with van der Waals surface area (Å²) in [4.78, 5) is 2.47. The average molecular weight is 868 g/mol. The van der Waals surface area contributed by atoms with Crippen molar-refractivity contribution in [2.75, 3.05) is 4.90 Å². The number of benzene rings is 9. The maximum atomic E-state index is 6.76. The zero-order valence-electron chi connectivity index (χ0n) is 36.6. The van der Waals surface area contributed by atoms with E-state index >= 15 is 0 Å². The van der Waals surface area contributed by atoms with Gasteiger partial charge in [-0.1, -0.05) is 142 Å². The summed E-state index contributed by atoms with van der Waals surface area (Å²) in [5.41, 5.74) is 15.0. The van der Waals surface area contributed by atoms with Gasteiger partial charge in [-0.3, -0.25) is 0 Å². The van der Waals surface area contributed by atoms with E-state index in [1.54, 1.807) is 0 Å². The molecule has 14 rings (SSSR count). The number of ether oxygens (including phenoxy) is 2. The van der Waals surface area contributed by atoms with Crippen LogP contribution < -0.4 is 14.4 Å². The zero-order valence-corrected chi connectivity index (χ0v) is 37.4. The molecule has 0 atom stereocenters. The van der Waals surface area contributed by atoms with Crippen molar-refractivity contribution in [3.05, 3.63) is 221 Å². The molecule has 1 spiro atoms. The van der Waals surface area contributed by atoms with Crippen LogP contribution in [0.2, 0.25) is 0 Å². The smallest absolute Gasteiger partial charge is 0.170 e. The molecule has 2 aliphatic carbocycles. The highest BCUT2D eigenvalue weighted by atomic mass is 32.1. The number of thiophene rings is 1. The zero-order chi connectivity index (χ0) is 43.9. The quantitative estimate of drug-likeness (QED) is 0.177. The summed E-state index contributed by atoms with van der Waals surface area (Å²) in [5.74, 6) is 2.83. The van der Waals surface area contributed by atoms with E-state index < -0.39 is 5.41 Å². The van der Waals surface area contributed by atoms with Crippen LogP contribution in [0.4, 0.5) is 17.1 Å². The summed E-state index contributed by atoms with van der Waals surface area (Å²) in [6.45, 7) is 6.83. The van der Waals surface area contributed by atoms with Gasteiger partial charge < -0.3 is 18.8 Å². The highest BCUT2D eigenvalue weighted by molar-refractivity contribution is 7.26. The fraction of sp³-hybridized carbons (Fsp3) is 0.0820. The maximum absolute atomic E-state index is 6.76. The molecule has 11 aromatic rings. The van der Waals surface area contributed by atoms with Crippen LogP contribution in [0.3, 0.4) is 0 Å². The Bertz CT molecular complexity index is 3840. The van der Waals surface area contributed by atoms with Crippen LogP contribution in [0, 0.1) is 0 Å². The molecule has 3 heterocycles. The Morgan fingerprint density at radius 1 is 0.485 bits per heavy atom. The van der Waals surface area contributed by atoms with Crippen molar-refractivity contribution in [3.8, 4) is 34.1 Å². The lowest BCUT2D eigenvalue weighted by molar-refractivity contribution is 0.358. The van der Waals surface area contributed by atoms with Crippen molar-refractivity contribution in [2.45, 2.75) is 31.6 Å². The number of para-hydroxylation sites is 3. The van der Waals surface area contributed by atoms with Gasteiger partial charge in [-0.2, -0.15) is 0 Å². The third kappa shape index (κ3) is 5.20. The molecule has 0 unspecified atom stereocenters. The minimum Gasteiger partial charge on any atom is -0.456 e. The van der Waals surface area contributed by atoms with Gasteiger partial charge in [-0.15, -0.1) is 11.3 Å². The van der Waals surface area contributed by atoms with E-state index in [4.69, 9.17) is 13.9 Å². The molecule has 5 heteroatoms. The van der Waals surface area contributed by atoms with Crippen LogP contribution in [0.1, 0.15) is 59.7 Å². The summed E-state index contributed by atoms with van der Waals surface area (Å²) in [6, 6.07) is 66.0. The Morgan fingerprint density at radius 2 is 1.11 bits per heavy atom. The minimum absolute atomic E-state index is 0.0111. The molecule has 0 fully saturated rings. The first-order valence-corrected chi connectivity index (χ1v) is 23.5. The van der Waals surface area contributed by atoms with Gasteiger partial charge in [0, 0.05) is 48.4 Å². The van der Waals surface area contributed by atoms with Gasteiger partial charge in [0.15, 0.2) is 23.0 Å². The van der Waals surface area contributed by atoms with Crippen molar-refractivity contribution in [2.24, 2.45) is 0 Å². The SMILES string of the molecule is CC(C)(C)c1ccc(N(c2ccc3c(c2)oc2ccccc23)c2cc3c(c4sc5ccccc5c24)C=Cc2cc4c(cc2C32c3ccccc3-c3ccccc32)Oc2ccccc2O4)cc1. The number of nitrogens with zero attached hydrogens (tertiary/aromatic N) is 1. The van der Waals surface area contributed by atoms with Crippen molar-refractivity contribution in [1.29, 1.82) is 0 Å². The lowest BCUT2D eigenvalue weighted by atomic mass is 9.65. The minimum atomic E-state index is -0.750. The summed E-state index contributed by atoms with van der Waals surface area (Å²) >= 11 is 1.87. The molecule has 0 bridgehead atoms. The van der Waals surface area contributed by atoms with E-state index in [1.165, 1.54) is 59.1 Å². The van der Waals surface area contributed by atoms with E-state index in [9.17, 15) is 0 Å². The first kappa shape index (κ1) is 37.5. The predicted octanol–water partition coefficient (Wildman–Crippen LogP) is 17.5. The van der Waals surface area contributed by atoms with Gasteiger partial charge in [0.1, 0.15) is 11.2 Å². The molecule has 0 radical (unpaired) electrons. The number of anilines is 3. The van der Waals surface area contributed by atoms with Gasteiger partial charge in [0.2, 0.25) is 0 Å². The van der Waals surface area contributed by atoms with E-state index in [2.05, 4.69) is 189 Å².